The Labute approximate surface area is 176 Å². The molecule has 0 atom stereocenters. The molecule has 0 spiro atoms. The van der Waals surface area contributed by atoms with Crippen LogP contribution in [0, 0.1) is 20.8 Å². The molecule has 0 saturated carbocycles. The van der Waals surface area contributed by atoms with Crippen molar-refractivity contribution in [2.24, 2.45) is 0 Å². The topological polar surface area (TPSA) is 67.3 Å². The second-order valence-corrected chi connectivity index (χ2v) is 7.74. The number of aromatic nitrogens is 2. The Morgan fingerprint density at radius 3 is 2.67 bits per heavy atom. The van der Waals surface area contributed by atoms with Crippen LogP contribution >= 0.6 is 0 Å². The predicted octanol–water partition coefficient (Wildman–Crippen LogP) is 3.98. The molecular formula is C24H26N4O2. The summed E-state index contributed by atoms with van der Waals surface area (Å²) in [5.41, 5.74) is 6.45. The van der Waals surface area contributed by atoms with E-state index < -0.39 is 0 Å². The van der Waals surface area contributed by atoms with Gasteiger partial charge in [0.25, 0.3) is 5.91 Å². The average molecular weight is 402 g/mol. The Hall–Kier alpha value is -3.41. The number of fused-ring (bicyclic) bond motifs is 1. The lowest BCUT2D eigenvalue weighted by atomic mass is 10.0. The molecule has 6 nitrogen and oxygen atoms in total. The van der Waals surface area contributed by atoms with E-state index >= 15 is 0 Å². The summed E-state index contributed by atoms with van der Waals surface area (Å²) in [6, 6.07) is 16.1. The normalized spacial score (nSPS) is 13.0. The van der Waals surface area contributed by atoms with Gasteiger partial charge in [0.15, 0.2) is 6.61 Å². The summed E-state index contributed by atoms with van der Waals surface area (Å²) in [7, 11) is 0. The fourth-order valence-electron chi connectivity index (χ4n) is 3.69. The summed E-state index contributed by atoms with van der Waals surface area (Å²) < 4.78 is 5.70. The van der Waals surface area contributed by atoms with Gasteiger partial charge < -0.3 is 15.0 Å². The maximum atomic E-state index is 12.3. The summed E-state index contributed by atoms with van der Waals surface area (Å²) in [6.45, 7) is 7.43. The van der Waals surface area contributed by atoms with Crippen molar-refractivity contribution in [3.05, 3.63) is 76.5 Å². The standard InChI is InChI=1S/C24H26N4O2/c1-16-8-9-21(17(2)12-16)26-22(29)15-30-23-13-18(3)25-24(27-23)28-11-10-19-6-4-5-7-20(19)14-28/h4-9,12-13H,10-11,14-15H2,1-3H3,(H,26,29). The Morgan fingerprint density at radius 1 is 1.07 bits per heavy atom. The number of nitrogens with zero attached hydrogens (tertiary/aromatic N) is 3. The van der Waals surface area contributed by atoms with E-state index in [1.54, 1.807) is 6.07 Å². The van der Waals surface area contributed by atoms with Gasteiger partial charge in [-0.3, -0.25) is 4.79 Å². The van der Waals surface area contributed by atoms with Crippen LogP contribution in [0.1, 0.15) is 27.9 Å². The van der Waals surface area contributed by atoms with Gasteiger partial charge in [0.2, 0.25) is 11.8 Å². The highest BCUT2D eigenvalue weighted by Crippen LogP contribution is 2.24. The number of hydrogen-bond donors (Lipinski definition) is 1. The maximum absolute atomic E-state index is 12.3. The van der Waals surface area contributed by atoms with Crippen LogP contribution in [-0.4, -0.2) is 29.0 Å². The predicted molar refractivity (Wildman–Crippen MR) is 118 cm³/mol. The first-order valence-electron chi connectivity index (χ1n) is 10.2. The zero-order valence-electron chi connectivity index (χ0n) is 17.6. The molecule has 0 aliphatic carbocycles. The lowest BCUT2D eigenvalue weighted by Gasteiger charge is -2.29. The van der Waals surface area contributed by atoms with E-state index in [4.69, 9.17) is 4.74 Å². The number of aryl methyl sites for hydroxylation is 3. The molecule has 0 unspecified atom stereocenters. The second kappa shape index (κ2) is 8.53. The van der Waals surface area contributed by atoms with E-state index in [2.05, 4.69) is 44.5 Å². The summed E-state index contributed by atoms with van der Waals surface area (Å²) in [5.74, 6) is 0.827. The molecule has 1 amide bonds. The van der Waals surface area contributed by atoms with Gasteiger partial charge in [-0.15, -0.1) is 0 Å². The van der Waals surface area contributed by atoms with Crippen molar-refractivity contribution in [2.75, 3.05) is 23.4 Å². The molecule has 154 valence electrons. The third kappa shape index (κ3) is 4.59. The SMILES string of the molecule is Cc1ccc(NC(=O)COc2cc(C)nc(N3CCc4ccccc4C3)n2)c(C)c1. The number of rotatable bonds is 5. The first-order valence-corrected chi connectivity index (χ1v) is 10.2. The molecule has 0 saturated heterocycles. The van der Waals surface area contributed by atoms with Gasteiger partial charge in [0.1, 0.15) is 0 Å². The van der Waals surface area contributed by atoms with E-state index in [1.807, 2.05) is 39.0 Å². The summed E-state index contributed by atoms with van der Waals surface area (Å²) >= 11 is 0. The molecule has 2 aromatic carbocycles. The monoisotopic (exact) mass is 402 g/mol. The van der Waals surface area contributed by atoms with Crippen molar-refractivity contribution in [3.63, 3.8) is 0 Å². The van der Waals surface area contributed by atoms with Crippen molar-refractivity contribution in [1.29, 1.82) is 0 Å². The second-order valence-electron chi connectivity index (χ2n) is 7.74. The molecular weight excluding hydrogens is 376 g/mol. The van der Waals surface area contributed by atoms with Crippen LogP contribution in [0.15, 0.2) is 48.5 Å². The number of ether oxygens (including phenoxy) is 1. The number of nitrogens with one attached hydrogen (secondary N) is 1. The molecule has 1 aliphatic heterocycles. The highest BCUT2D eigenvalue weighted by atomic mass is 16.5. The van der Waals surface area contributed by atoms with Crippen LogP contribution < -0.4 is 15.0 Å². The van der Waals surface area contributed by atoms with E-state index in [0.717, 1.165) is 42.0 Å². The fraction of sp³-hybridized carbons (Fsp3) is 0.292. The Kier molecular flexibility index (Phi) is 5.65. The van der Waals surface area contributed by atoms with Crippen LogP contribution in [0.25, 0.3) is 0 Å². The zero-order chi connectivity index (χ0) is 21.1. The number of carbonyl (C=O) groups is 1. The van der Waals surface area contributed by atoms with E-state index in [-0.39, 0.29) is 12.5 Å². The van der Waals surface area contributed by atoms with Gasteiger partial charge in [-0.05, 0) is 49.9 Å². The van der Waals surface area contributed by atoms with E-state index in [9.17, 15) is 4.79 Å². The lowest BCUT2D eigenvalue weighted by molar-refractivity contribution is -0.118. The number of anilines is 2. The lowest BCUT2D eigenvalue weighted by Crippen LogP contribution is -2.32. The Balaban J connectivity index is 1.42. The molecule has 4 rings (SSSR count). The Bertz CT molecular complexity index is 1080. The fourth-order valence-corrected chi connectivity index (χ4v) is 3.69. The van der Waals surface area contributed by atoms with Crippen molar-refractivity contribution in [3.8, 4) is 5.88 Å². The van der Waals surface area contributed by atoms with Crippen molar-refractivity contribution < 1.29 is 9.53 Å². The maximum Gasteiger partial charge on any atom is 0.262 e. The van der Waals surface area contributed by atoms with Gasteiger partial charge in [0.05, 0.1) is 0 Å². The minimum absolute atomic E-state index is 0.105. The van der Waals surface area contributed by atoms with Gasteiger partial charge in [-0.25, -0.2) is 4.98 Å². The quantitative estimate of drug-likeness (QED) is 0.699. The van der Waals surface area contributed by atoms with E-state index in [0.29, 0.717) is 11.8 Å². The highest BCUT2D eigenvalue weighted by molar-refractivity contribution is 5.92. The van der Waals surface area contributed by atoms with Gasteiger partial charge >= 0.3 is 0 Å². The summed E-state index contributed by atoms with van der Waals surface area (Å²) in [5, 5.41) is 2.89. The average Bonchev–Trinajstić information content (AvgIpc) is 2.73. The van der Waals surface area contributed by atoms with E-state index in [1.165, 1.54) is 11.1 Å². The molecule has 0 bridgehead atoms. The van der Waals surface area contributed by atoms with Crippen LogP contribution in [0.3, 0.4) is 0 Å². The molecule has 1 aliphatic rings. The third-order valence-corrected chi connectivity index (χ3v) is 5.24. The minimum atomic E-state index is -0.216. The Morgan fingerprint density at radius 2 is 1.87 bits per heavy atom. The molecule has 6 heteroatoms. The third-order valence-electron chi connectivity index (χ3n) is 5.24. The number of benzene rings is 2. The van der Waals surface area contributed by atoms with Crippen LogP contribution in [0.5, 0.6) is 5.88 Å². The number of hydrogen-bond acceptors (Lipinski definition) is 5. The minimum Gasteiger partial charge on any atom is -0.467 e. The van der Waals surface area contributed by atoms with Crippen molar-refractivity contribution in [1.82, 2.24) is 9.97 Å². The largest absolute Gasteiger partial charge is 0.467 e. The molecule has 0 radical (unpaired) electrons. The molecule has 2 heterocycles. The number of carbonyl (C=O) groups excluding carboxylic acids is 1. The molecule has 1 aromatic heterocycles. The molecule has 0 fully saturated rings. The van der Waals surface area contributed by atoms with Crippen molar-refractivity contribution in [2.45, 2.75) is 33.7 Å². The van der Waals surface area contributed by atoms with Gasteiger partial charge in [0, 0.05) is 30.5 Å². The smallest absolute Gasteiger partial charge is 0.262 e. The highest BCUT2D eigenvalue weighted by Gasteiger charge is 2.19. The first-order chi connectivity index (χ1) is 14.5. The zero-order valence-corrected chi connectivity index (χ0v) is 17.6. The van der Waals surface area contributed by atoms with Crippen LogP contribution in [0.2, 0.25) is 0 Å². The van der Waals surface area contributed by atoms with Gasteiger partial charge in [-0.2, -0.15) is 4.98 Å². The first kappa shape index (κ1) is 19.9. The van der Waals surface area contributed by atoms with Gasteiger partial charge in [-0.1, -0.05) is 42.0 Å². The molecule has 1 N–H and O–H groups in total. The van der Waals surface area contributed by atoms with Crippen molar-refractivity contribution >= 4 is 17.5 Å². The summed E-state index contributed by atoms with van der Waals surface area (Å²) in [6.07, 6.45) is 0.960. The number of amides is 1. The van der Waals surface area contributed by atoms with Crippen LogP contribution in [0.4, 0.5) is 11.6 Å². The van der Waals surface area contributed by atoms with Crippen LogP contribution in [-0.2, 0) is 17.8 Å². The molecule has 3 aromatic rings. The summed E-state index contributed by atoms with van der Waals surface area (Å²) in [4.78, 5) is 23.6. The molecule has 30 heavy (non-hydrogen) atoms.